The van der Waals surface area contributed by atoms with Crippen molar-refractivity contribution < 1.29 is 9.53 Å². The lowest BCUT2D eigenvalue weighted by molar-refractivity contribution is 0.0959. The second kappa shape index (κ2) is 7.96. The van der Waals surface area contributed by atoms with Crippen molar-refractivity contribution >= 4 is 39.5 Å². The number of aromatic nitrogens is 1. The summed E-state index contributed by atoms with van der Waals surface area (Å²) in [5.74, 6) is 0.0768. The zero-order chi connectivity index (χ0) is 15.1. The number of thiazole rings is 1. The Bertz CT molecular complexity index is 569. The average molecular weight is 326 g/mol. The lowest BCUT2D eigenvalue weighted by Crippen LogP contribution is -2.25. The molecule has 6 nitrogen and oxygen atoms in total. The molecule has 0 saturated carbocycles. The quantitative estimate of drug-likeness (QED) is 0.644. The van der Waals surface area contributed by atoms with Crippen LogP contribution in [0.3, 0.4) is 0 Å². The van der Waals surface area contributed by atoms with Crippen LogP contribution in [0.1, 0.15) is 15.2 Å². The van der Waals surface area contributed by atoms with Gasteiger partial charge in [0.05, 0.1) is 6.61 Å². The SMILES string of the molecule is COCCNc1nc(N)c(C(=O)NCCc2ccsc2)s1. The Morgan fingerprint density at radius 3 is 3.05 bits per heavy atom. The maximum absolute atomic E-state index is 12.1. The average Bonchev–Trinajstić information content (AvgIpc) is 3.09. The van der Waals surface area contributed by atoms with E-state index in [1.807, 2.05) is 5.38 Å². The van der Waals surface area contributed by atoms with Crippen molar-refractivity contribution in [2.75, 3.05) is 37.9 Å². The molecule has 0 saturated heterocycles. The molecule has 8 heteroatoms. The molecule has 1 amide bonds. The van der Waals surface area contributed by atoms with Gasteiger partial charge in [-0.05, 0) is 28.8 Å². The van der Waals surface area contributed by atoms with E-state index in [9.17, 15) is 4.79 Å². The van der Waals surface area contributed by atoms with Crippen molar-refractivity contribution in [2.24, 2.45) is 0 Å². The Balaban J connectivity index is 1.83. The summed E-state index contributed by atoms with van der Waals surface area (Å²) in [7, 11) is 1.63. The minimum absolute atomic E-state index is 0.181. The third-order valence-corrected chi connectivity index (χ3v) is 4.48. The molecule has 2 heterocycles. The number of nitrogens with one attached hydrogen (secondary N) is 2. The number of nitrogens with two attached hydrogens (primary N) is 1. The third kappa shape index (κ3) is 4.69. The molecule has 4 N–H and O–H groups in total. The van der Waals surface area contributed by atoms with Crippen molar-refractivity contribution in [3.05, 3.63) is 27.3 Å². The van der Waals surface area contributed by atoms with Gasteiger partial charge in [-0.3, -0.25) is 4.79 Å². The first-order valence-electron chi connectivity index (χ1n) is 6.49. The summed E-state index contributed by atoms with van der Waals surface area (Å²) in [6.45, 7) is 1.78. The monoisotopic (exact) mass is 326 g/mol. The fourth-order valence-corrected chi connectivity index (χ4v) is 3.20. The highest BCUT2D eigenvalue weighted by atomic mass is 32.1. The van der Waals surface area contributed by atoms with Gasteiger partial charge in [0.25, 0.3) is 5.91 Å². The Hall–Kier alpha value is -1.64. The summed E-state index contributed by atoms with van der Waals surface area (Å²) in [6.07, 6.45) is 0.812. The molecule has 2 rings (SSSR count). The van der Waals surface area contributed by atoms with E-state index in [2.05, 4.69) is 27.1 Å². The number of hydrogen-bond donors (Lipinski definition) is 3. The number of nitrogen functional groups attached to an aromatic ring is 1. The highest BCUT2D eigenvalue weighted by Gasteiger charge is 2.15. The smallest absolute Gasteiger partial charge is 0.265 e. The van der Waals surface area contributed by atoms with Gasteiger partial charge in [0, 0.05) is 20.2 Å². The largest absolute Gasteiger partial charge is 0.383 e. The lowest BCUT2D eigenvalue weighted by Gasteiger charge is -2.02. The fraction of sp³-hybridized carbons (Fsp3) is 0.385. The molecule has 21 heavy (non-hydrogen) atoms. The van der Waals surface area contributed by atoms with Gasteiger partial charge in [0.1, 0.15) is 10.7 Å². The van der Waals surface area contributed by atoms with Crippen LogP contribution in [0.15, 0.2) is 16.8 Å². The van der Waals surface area contributed by atoms with Crippen molar-refractivity contribution in [3.8, 4) is 0 Å². The predicted molar refractivity (Wildman–Crippen MR) is 87.2 cm³/mol. The summed E-state index contributed by atoms with van der Waals surface area (Å²) in [5, 5.41) is 10.7. The minimum Gasteiger partial charge on any atom is -0.383 e. The van der Waals surface area contributed by atoms with Crippen LogP contribution in [-0.4, -0.2) is 37.7 Å². The van der Waals surface area contributed by atoms with E-state index < -0.39 is 0 Å². The van der Waals surface area contributed by atoms with Crippen LogP contribution in [0.5, 0.6) is 0 Å². The summed E-state index contributed by atoms with van der Waals surface area (Å²) < 4.78 is 4.94. The summed E-state index contributed by atoms with van der Waals surface area (Å²) in [6, 6.07) is 2.05. The second-order valence-electron chi connectivity index (χ2n) is 4.29. The molecule has 0 unspecified atom stereocenters. The van der Waals surface area contributed by atoms with Crippen molar-refractivity contribution in [2.45, 2.75) is 6.42 Å². The van der Waals surface area contributed by atoms with E-state index in [1.54, 1.807) is 18.4 Å². The molecule has 0 aromatic carbocycles. The summed E-state index contributed by atoms with van der Waals surface area (Å²) >= 11 is 2.90. The van der Waals surface area contributed by atoms with Crippen molar-refractivity contribution in [3.63, 3.8) is 0 Å². The molecule has 0 aliphatic carbocycles. The molecule has 0 atom stereocenters. The number of nitrogens with zero attached hydrogens (tertiary/aromatic N) is 1. The molecule has 114 valence electrons. The summed E-state index contributed by atoms with van der Waals surface area (Å²) in [5.41, 5.74) is 7.00. The Morgan fingerprint density at radius 2 is 2.33 bits per heavy atom. The van der Waals surface area contributed by atoms with Gasteiger partial charge in [-0.2, -0.15) is 11.3 Å². The number of ether oxygens (including phenoxy) is 1. The van der Waals surface area contributed by atoms with Gasteiger partial charge in [-0.25, -0.2) is 4.98 Å². The molecule has 0 bridgehead atoms. The third-order valence-electron chi connectivity index (χ3n) is 2.72. The topological polar surface area (TPSA) is 89.3 Å². The van der Waals surface area contributed by atoms with Gasteiger partial charge in [0.2, 0.25) is 0 Å². The van der Waals surface area contributed by atoms with E-state index in [-0.39, 0.29) is 11.7 Å². The number of methoxy groups -OCH3 is 1. The Morgan fingerprint density at radius 1 is 1.48 bits per heavy atom. The molecule has 0 fully saturated rings. The fourth-order valence-electron chi connectivity index (χ4n) is 1.67. The first kappa shape index (κ1) is 15.7. The number of rotatable bonds is 8. The first-order chi connectivity index (χ1) is 10.2. The molecule has 0 radical (unpaired) electrons. The number of amides is 1. The van der Waals surface area contributed by atoms with Crippen LogP contribution < -0.4 is 16.4 Å². The standard InChI is InChI=1S/C13H18N4O2S2/c1-19-6-5-16-13-17-11(14)10(21-13)12(18)15-4-2-9-3-7-20-8-9/h3,7-8H,2,4-6,14H2,1H3,(H,15,18)(H,16,17). The molecular weight excluding hydrogens is 308 g/mol. The molecule has 2 aromatic heterocycles. The van der Waals surface area contributed by atoms with Crippen molar-refractivity contribution in [1.82, 2.24) is 10.3 Å². The van der Waals surface area contributed by atoms with Crippen molar-refractivity contribution in [1.29, 1.82) is 0 Å². The van der Waals surface area contributed by atoms with E-state index in [0.29, 0.717) is 29.7 Å². The first-order valence-corrected chi connectivity index (χ1v) is 8.25. The maximum atomic E-state index is 12.1. The predicted octanol–water partition coefficient (Wildman–Crippen LogP) is 1.82. The molecule has 0 spiro atoms. The Kier molecular flexibility index (Phi) is 5.97. The van der Waals surface area contributed by atoms with Crippen LogP contribution in [0, 0.1) is 0 Å². The molecule has 0 aliphatic rings. The van der Waals surface area contributed by atoms with E-state index >= 15 is 0 Å². The number of carbonyl (C=O) groups excluding carboxylic acids is 1. The van der Waals surface area contributed by atoms with Gasteiger partial charge >= 0.3 is 0 Å². The number of hydrogen-bond acceptors (Lipinski definition) is 7. The molecule has 0 aliphatic heterocycles. The van der Waals surface area contributed by atoms with Crippen LogP contribution >= 0.6 is 22.7 Å². The molecular formula is C13H18N4O2S2. The van der Waals surface area contributed by atoms with Gasteiger partial charge in [0.15, 0.2) is 5.13 Å². The minimum atomic E-state index is -0.181. The Labute approximate surface area is 131 Å². The number of anilines is 2. The van der Waals surface area contributed by atoms with Crippen LogP contribution in [0.25, 0.3) is 0 Å². The number of carbonyl (C=O) groups is 1. The zero-order valence-electron chi connectivity index (χ0n) is 11.7. The van der Waals surface area contributed by atoms with Crippen LogP contribution in [-0.2, 0) is 11.2 Å². The van der Waals surface area contributed by atoms with Gasteiger partial charge < -0.3 is 21.1 Å². The lowest BCUT2D eigenvalue weighted by atomic mass is 10.2. The molecule has 2 aromatic rings. The van der Waals surface area contributed by atoms with Crippen LogP contribution in [0.2, 0.25) is 0 Å². The highest BCUT2D eigenvalue weighted by molar-refractivity contribution is 7.18. The van der Waals surface area contributed by atoms with Gasteiger partial charge in [-0.15, -0.1) is 0 Å². The maximum Gasteiger partial charge on any atom is 0.265 e. The summed E-state index contributed by atoms with van der Waals surface area (Å²) in [4.78, 5) is 16.6. The number of thiophene rings is 1. The second-order valence-corrected chi connectivity index (χ2v) is 6.07. The van der Waals surface area contributed by atoms with E-state index in [4.69, 9.17) is 10.5 Å². The van der Waals surface area contributed by atoms with Gasteiger partial charge in [-0.1, -0.05) is 11.3 Å². The van der Waals surface area contributed by atoms with Crippen LogP contribution in [0.4, 0.5) is 10.9 Å². The zero-order valence-corrected chi connectivity index (χ0v) is 13.4. The highest BCUT2D eigenvalue weighted by Crippen LogP contribution is 2.24. The normalized spacial score (nSPS) is 10.5. The van der Waals surface area contributed by atoms with E-state index in [0.717, 1.165) is 6.42 Å². The van der Waals surface area contributed by atoms with E-state index in [1.165, 1.54) is 16.9 Å².